The van der Waals surface area contributed by atoms with Gasteiger partial charge in [-0.25, -0.2) is 0 Å². The van der Waals surface area contributed by atoms with E-state index >= 15 is 0 Å². The van der Waals surface area contributed by atoms with E-state index in [2.05, 4.69) is 6.92 Å². The van der Waals surface area contributed by atoms with Gasteiger partial charge >= 0.3 is 8.60 Å². The van der Waals surface area contributed by atoms with E-state index in [0.29, 0.717) is 12.7 Å². The van der Waals surface area contributed by atoms with Crippen LogP contribution in [0.1, 0.15) is 25.3 Å². The van der Waals surface area contributed by atoms with Crippen LogP contribution < -0.4 is 0 Å². The summed E-state index contributed by atoms with van der Waals surface area (Å²) in [6.07, 6.45) is 2.30. The van der Waals surface area contributed by atoms with Gasteiger partial charge in [0, 0.05) is 0 Å². The first kappa shape index (κ1) is 12.0. The topological polar surface area (TPSA) is 27.7 Å². The van der Waals surface area contributed by atoms with Gasteiger partial charge in [-0.1, -0.05) is 37.3 Å². The SMILES string of the molecule is CCC1CCOP(OCc2ccccc2)O1. The van der Waals surface area contributed by atoms with Crippen LogP contribution in [0.5, 0.6) is 0 Å². The largest absolute Gasteiger partial charge is 0.333 e. The predicted octanol–water partition coefficient (Wildman–Crippen LogP) is 3.65. The van der Waals surface area contributed by atoms with Crippen LogP contribution in [0.15, 0.2) is 30.3 Å². The van der Waals surface area contributed by atoms with E-state index < -0.39 is 8.60 Å². The van der Waals surface area contributed by atoms with Gasteiger partial charge in [-0.15, -0.1) is 0 Å². The Morgan fingerprint density at radius 2 is 2.19 bits per heavy atom. The molecule has 2 unspecified atom stereocenters. The molecule has 88 valence electrons. The van der Waals surface area contributed by atoms with Crippen molar-refractivity contribution in [2.24, 2.45) is 0 Å². The van der Waals surface area contributed by atoms with Crippen molar-refractivity contribution in [1.29, 1.82) is 0 Å². The molecular formula is C12H17O3P. The Kier molecular flexibility index (Phi) is 4.73. The number of hydrogen-bond donors (Lipinski definition) is 0. The molecule has 1 saturated heterocycles. The Hall–Kier alpha value is -0.470. The van der Waals surface area contributed by atoms with Gasteiger partial charge in [0.2, 0.25) is 0 Å². The van der Waals surface area contributed by atoms with Crippen LogP contribution in [0.3, 0.4) is 0 Å². The summed E-state index contributed by atoms with van der Waals surface area (Å²) in [5, 5.41) is 0. The average molecular weight is 240 g/mol. The second-order valence-electron chi connectivity index (χ2n) is 3.74. The van der Waals surface area contributed by atoms with Gasteiger partial charge in [0.15, 0.2) is 0 Å². The number of benzene rings is 1. The second-order valence-corrected chi connectivity index (χ2v) is 4.91. The predicted molar refractivity (Wildman–Crippen MR) is 63.9 cm³/mol. The van der Waals surface area contributed by atoms with E-state index in [1.165, 1.54) is 0 Å². The summed E-state index contributed by atoms with van der Waals surface area (Å²) in [5.74, 6) is 0. The summed E-state index contributed by atoms with van der Waals surface area (Å²) in [5.41, 5.74) is 1.15. The quantitative estimate of drug-likeness (QED) is 0.752. The van der Waals surface area contributed by atoms with Crippen molar-refractivity contribution in [3.05, 3.63) is 35.9 Å². The van der Waals surface area contributed by atoms with Gasteiger partial charge in [0.1, 0.15) is 0 Å². The summed E-state index contributed by atoms with van der Waals surface area (Å²) < 4.78 is 16.8. The fourth-order valence-corrected chi connectivity index (χ4v) is 2.71. The van der Waals surface area contributed by atoms with Crippen molar-refractivity contribution < 1.29 is 13.6 Å². The summed E-state index contributed by atoms with van der Waals surface area (Å²) in [4.78, 5) is 0. The molecule has 1 aliphatic rings. The van der Waals surface area contributed by atoms with Crippen LogP contribution in [0.25, 0.3) is 0 Å². The van der Waals surface area contributed by atoms with Crippen molar-refractivity contribution in [3.63, 3.8) is 0 Å². The van der Waals surface area contributed by atoms with Crippen molar-refractivity contribution in [3.8, 4) is 0 Å². The normalized spacial score (nSPS) is 25.6. The lowest BCUT2D eigenvalue weighted by Crippen LogP contribution is -2.18. The third kappa shape index (κ3) is 3.53. The van der Waals surface area contributed by atoms with Gasteiger partial charge in [0.25, 0.3) is 0 Å². The van der Waals surface area contributed by atoms with Crippen molar-refractivity contribution in [2.45, 2.75) is 32.5 Å². The third-order valence-electron chi connectivity index (χ3n) is 2.51. The summed E-state index contributed by atoms with van der Waals surface area (Å²) in [6, 6.07) is 10.1. The highest BCUT2D eigenvalue weighted by Gasteiger charge is 2.23. The Morgan fingerprint density at radius 3 is 2.94 bits per heavy atom. The molecule has 1 fully saturated rings. The molecule has 0 aliphatic carbocycles. The molecule has 4 heteroatoms. The molecule has 16 heavy (non-hydrogen) atoms. The summed E-state index contributed by atoms with van der Waals surface area (Å²) >= 11 is 0. The first-order chi connectivity index (χ1) is 7.88. The Balaban J connectivity index is 1.77. The molecule has 1 aromatic carbocycles. The molecule has 2 rings (SSSR count). The molecule has 1 heterocycles. The lowest BCUT2D eigenvalue weighted by molar-refractivity contribution is 0.0573. The standard InChI is InChI=1S/C12H17O3P/c1-2-12-8-9-13-16(15-12)14-10-11-6-4-3-5-7-11/h3-7,12H,2,8-10H2,1H3. The minimum Gasteiger partial charge on any atom is -0.312 e. The zero-order valence-corrected chi connectivity index (χ0v) is 10.4. The Bertz CT molecular complexity index is 304. The highest BCUT2D eigenvalue weighted by Crippen LogP contribution is 2.46. The van der Waals surface area contributed by atoms with Gasteiger partial charge < -0.3 is 13.6 Å². The maximum Gasteiger partial charge on any atom is 0.333 e. The molecule has 0 spiro atoms. The molecule has 2 atom stereocenters. The van der Waals surface area contributed by atoms with E-state index in [1.54, 1.807) is 0 Å². The molecule has 0 saturated carbocycles. The molecule has 3 nitrogen and oxygen atoms in total. The molecule has 0 N–H and O–H groups in total. The fourth-order valence-electron chi connectivity index (χ4n) is 1.51. The summed E-state index contributed by atoms with van der Waals surface area (Å²) in [7, 11) is -1.14. The molecule has 0 aromatic heterocycles. The Morgan fingerprint density at radius 1 is 1.38 bits per heavy atom. The smallest absolute Gasteiger partial charge is 0.312 e. The van der Waals surface area contributed by atoms with Crippen LogP contribution in [0.2, 0.25) is 0 Å². The van der Waals surface area contributed by atoms with E-state index in [9.17, 15) is 0 Å². The monoisotopic (exact) mass is 240 g/mol. The van der Waals surface area contributed by atoms with Crippen molar-refractivity contribution >= 4 is 8.60 Å². The van der Waals surface area contributed by atoms with E-state index in [4.69, 9.17) is 13.6 Å². The first-order valence-corrected chi connectivity index (χ1v) is 6.74. The fraction of sp³-hybridized carbons (Fsp3) is 0.500. The number of rotatable bonds is 4. The first-order valence-electron chi connectivity index (χ1n) is 5.65. The zero-order valence-electron chi connectivity index (χ0n) is 9.46. The van der Waals surface area contributed by atoms with Crippen molar-refractivity contribution in [2.75, 3.05) is 6.61 Å². The zero-order chi connectivity index (χ0) is 11.2. The average Bonchev–Trinajstić information content (AvgIpc) is 2.38. The van der Waals surface area contributed by atoms with Crippen LogP contribution in [-0.4, -0.2) is 12.7 Å². The molecule has 0 amide bonds. The van der Waals surface area contributed by atoms with Gasteiger partial charge in [-0.05, 0) is 18.4 Å². The molecular weight excluding hydrogens is 223 g/mol. The van der Waals surface area contributed by atoms with E-state index in [-0.39, 0.29) is 0 Å². The molecule has 0 bridgehead atoms. The lowest BCUT2D eigenvalue weighted by atomic mass is 10.2. The molecule has 0 radical (unpaired) electrons. The van der Waals surface area contributed by atoms with Crippen LogP contribution in [0.4, 0.5) is 0 Å². The van der Waals surface area contributed by atoms with Gasteiger partial charge in [0.05, 0.1) is 19.3 Å². The van der Waals surface area contributed by atoms with Crippen LogP contribution >= 0.6 is 8.60 Å². The highest BCUT2D eigenvalue weighted by atomic mass is 31.2. The minimum atomic E-state index is -1.14. The third-order valence-corrected chi connectivity index (χ3v) is 3.71. The second kappa shape index (κ2) is 6.31. The Labute approximate surface area is 97.7 Å². The number of hydrogen-bond acceptors (Lipinski definition) is 3. The van der Waals surface area contributed by atoms with Crippen LogP contribution in [-0.2, 0) is 20.2 Å². The van der Waals surface area contributed by atoms with E-state index in [0.717, 1.165) is 25.0 Å². The maximum atomic E-state index is 5.68. The molecule has 1 aliphatic heterocycles. The lowest BCUT2D eigenvalue weighted by Gasteiger charge is -2.27. The van der Waals surface area contributed by atoms with Gasteiger partial charge in [-0.2, -0.15) is 0 Å². The van der Waals surface area contributed by atoms with E-state index in [1.807, 2.05) is 30.3 Å². The van der Waals surface area contributed by atoms with Gasteiger partial charge in [-0.3, -0.25) is 0 Å². The highest BCUT2D eigenvalue weighted by molar-refractivity contribution is 7.41. The maximum absolute atomic E-state index is 5.68. The van der Waals surface area contributed by atoms with Crippen LogP contribution in [0, 0.1) is 0 Å². The minimum absolute atomic E-state index is 0.302. The summed E-state index contributed by atoms with van der Waals surface area (Å²) in [6.45, 7) is 3.43. The van der Waals surface area contributed by atoms with Crippen molar-refractivity contribution in [1.82, 2.24) is 0 Å². The molecule has 1 aromatic rings.